The number of hydrogen-bond donors (Lipinski definition) is 1. The highest BCUT2D eigenvalue weighted by atomic mass is 32.2. The van der Waals surface area contributed by atoms with E-state index in [4.69, 9.17) is 4.74 Å². The minimum absolute atomic E-state index is 0.0721. The highest BCUT2D eigenvalue weighted by molar-refractivity contribution is 7.89. The monoisotopic (exact) mass is 537 g/mol. The van der Waals surface area contributed by atoms with Crippen LogP contribution in [0.5, 0.6) is 0 Å². The second kappa shape index (κ2) is 10.7. The summed E-state index contributed by atoms with van der Waals surface area (Å²) in [5.41, 5.74) is 0.360. The number of pyridine rings is 1. The molecule has 0 bridgehead atoms. The first-order valence-corrected chi connectivity index (χ1v) is 14.0. The number of rotatable bonds is 8. The van der Waals surface area contributed by atoms with Crippen molar-refractivity contribution in [2.45, 2.75) is 23.3 Å². The van der Waals surface area contributed by atoms with Gasteiger partial charge in [0.05, 0.1) is 18.8 Å². The number of carbonyl (C=O) groups excluding carboxylic acids is 2. The molecule has 1 N–H and O–H groups in total. The number of nitrogens with one attached hydrogen (secondary N) is 1. The molecule has 3 aromatic rings. The molecule has 38 heavy (non-hydrogen) atoms. The van der Waals surface area contributed by atoms with Gasteiger partial charge in [-0.05, 0) is 37.1 Å². The smallest absolute Gasteiger partial charge is 0.250 e. The lowest BCUT2D eigenvalue weighted by molar-refractivity contribution is -0.137. The molecule has 2 amide bonds. The molecule has 0 radical (unpaired) electrons. The molecule has 2 fully saturated rings. The fourth-order valence-electron chi connectivity index (χ4n) is 5.36. The van der Waals surface area contributed by atoms with Crippen molar-refractivity contribution < 1.29 is 22.7 Å². The van der Waals surface area contributed by atoms with E-state index in [2.05, 4.69) is 10.3 Å². The fourth-order valence-corrected chi connectivity index (χ4v) is 6.97. The Bertz CT molecular complexity index is 1420. The Balaban J connectivity index is 1.39. The van der Waals surface area contributed by atoms with Crippen molar-refractivity contribution >= 4 is 38.4 Å². The summed E-state index contributed by atoms with van der Waals surface area (Å²) in [6.07, 6.45) is 2.20. The molecular weight excluding hydrogens is 506 g/mol. The zero-order chi connectivity index (χ0) is 26.8. The summed E-state index contributed by atoms with van der Waals surface area (Å²) in [7, 11) is -2.27. The Morgan fingerprint density at radius 2 is 1.79 bits per heavy atom. The van der Waals surface area contributed by atoms with Crippen LogP contribution in [0.4, 0.5) is 5.69 Å². The standard InChI is InChI=1S/C27H31N5O5S/c1-37-18-15-28-24(33)19-30-20-32(22-9-3-2-4-10-22)27(26(30)34)12-16-31(17-13-27)38(35,36)23-11-5-7-21-8-6-14-29-25(21)23/h2-11,14H,12-13,15-20H2,1H3,(H,28,33). The SMILES string of the molecule is COCCNC(=O)CN1CN(c2ccccc2)C2(CCN(S(=O)(=O)c3cccc4cccnc34)CC2)C1=O. The Labute approximate surface area is 222 Å². The number of carbonyl (C=O) groups is 2. The van der Waals surface area contributed by atoms with Crippen LogP contribution in [0.25, 0.3) is 10.9 Å². The quantitative estimate of drug-likeness (QED) is 0.436. The number of nitrogens with zero attached hydrogens (tertiary/aromatic N) is 4. The zero-order valence-corrected chi connectivity index (χ0v) is 22.1. The molecule has 1 spiro atoms. The van der Waals surface area contributed by atoms with E-state index in [1.807, 2.05) is 47.4 Å². The third kappa shape index (κ3) is 4.72. The molecule has 3 heterocycles. The summed E-state index contributed by atoms with van der Waals surface area (Å²) in [4.78, 5) is 34.4. The van der Waals surface area contributed by atoms with Crippen molar-refractivity contribution in [3.05, 3.63) is 66.9 Å². The number of amides is 2. The van der Waals surface area contributed by atoms with Crippen LogP contribution in [-0.2, 0) is 24.3 Å². The van der Waals surface area contributed by atoms with Gasteiger partial charge in [-0.1, -0.05) is 36.4 Å². The van der Waals surface area contributed by atoms with Gasteiger partial charge in [0.15, 0.2) is 0 Å². The van der Waals surface area contributed by atoms with Crippen LogP contribution in [0.15, 0.2) is 71.8 Å². The van der Waals surface area contributed by atoms with E-state index < -0.39 is 15.6 Å². The summed E-state index contributed by atoms with van der Waals surface area (Å²) >= 11 is 0. The van der Waals surface area contributed by atoms with E-state index >= 15 is 0 Å². The topological polar surface area (TPSA) is 112 Å². The number of hydrogen-bond acceptors (Lipinski definition) is 7. The molecule has 0 aliphatic carbocycles. The first-order valence-electron chi connectivity index (χ1n) is 12.6. The lowest BCUT2D eigenvalue weighted by atomic mass is 9.86. The van der Waals surface area contributed by atoms with Crippen LogP contribution in [0.1, 0.15) is 12.8 Å². The molecule has 10 nitrogen and oxygen atoms in total. The predicted molar refractivity (Wildman–Crippen MR) is 143 cm³/mol. The van der Waals surface area contributed by atoms with Crippen LogP contribution in [-0.4, -0.2) is 86.5 Å². The van der Waals surface area contributed by atoms with Gasteiger partial charge in [0.2, 0.25) is 21.8 Å². The van der Waals surface area contributed by atoms with E-state index in [9.17, 15) is 18.0 Å². The number of aromatic nitrogens is 1. The highest BCUT2D eigenvalue weighted by Gasteiger charge is 2.55. The normalized spacial score (nSPS) is 17.9. The Morgan fingerprint density at radius 3 is 2.53 bits per heavy atom. The Kier molecular flexibility index (Phi) is 7.33. The second-order valence-electron chi connectivity index (χ2n) is 9.52. The maximum absolute atomic E-state index is 13.8. The molecule has 1 aromatic heterocycles. The highest BCUT2D eigenvalue weighted by Crippen LogP contribution is 2.40. The van der Waals surface area contributed by atoms with Gasteiger partial charge in [0.25, 0.3) is 0 Å². The number of anilines is 1. The molecule has 11 heteroatoms. The minimum Gasteiger partial charge on any atom is -0.383 e. The summed E-state index contributed by atoms with van der Waals surface area (Å²) in [6.45, 7) is 1.28. The third-order valence-electron chi connectivity index (χ3n) is 7.31. The van der Waals surface area contributed by atoms with Gasteiger partial charge in [-0.15, -0.1) is 0 Å². The Hall–Kier alpha value is -3.54. The van der Waals surface area contributed by atoms with Crippen molar-refractivity contribution in [1.29, 1.82) is 0 Å². The molecule has 0 saturated carbocycles. The largest absolute Gasteiger partial charge is 0.383 e. The Morgan fingerprint density at radius 1 is 1.05 bits per heavy atom. The molecule has 2 saturated heterocycles. The van der Waals surface area contributed by atoms with Gasteiger partial charge in [-0.3, -0.25) is 14.6 Å². The summed E-state index contributed by atoms with van der Waals surface area (Å²) in [5, 5.41) is 3.52. The molecule has 2 aliphatic heterocycles. The second-order valence-corrected chi connectivity index (χ2v) is 11.4. The van der Waals surface area contributed by atoms with Crippen molar-refractivity contribution in [3.8, 4) is 0 Å². The number of benzene rings is 2. The van der Waals surface area contributed by atoms with E-state index in [1.165, 1.54) is 4.31 Å². The number of piperidine rings is 1. The van der Waals surface area contributed by atoms with Crippen molar-refractivity contribution in [2.24, 2.45) is 0 Å². The summed E-state index contributed by atoms with van der Waals surface area (Å²) in [5.74, 6) is -0.420. The van der Waals surface area contributed by atoms with Gasteiger partial charge < -0.3 is 19.9 Å². The molecule has 200 valence electrons. The molecule has 0 atom stereocenters. The number of ether oxygens (including phenoxy) is 1. The van der Waals surface area contributed by atoms with Crippen LogP contribution in [0, 0.1) is 0 Å². The number of methoxy groups -OCH3 is 1. The van der Waals surface area contributed by atoms with Gasteiger partial charge in [0, 0.05) is 44.0 Å². The van der Waals surface area contributed by atoms with Crippen molar-refractivity contribution in [2.75, 3.05) is 51.5 Å². The van der Waals surface area contributed by atoms with Crippen LogP contribution < -0.4 is 10.2 Å². The average Bonchev–Trinajstić information content (AvgIpc) is 3.19. The molecular formula is C27H31N5O5S. The number of para-hydroxylation sites is 2. The van der Waals surface area contributed by atoms with Crippen molar-refractivity contribution in [1.82, 2.24) is 19.5 Å². The lowest BCUT2D eigenvalue weighted by Gasteiger charge is -2.42. The van der Waals surface area contributed by atoms with E-state index in [0.717, 1.165) is 11.1 Å². The fraction of sp³-hybridized carbons (Fsp3) is 0.370. The maximum Gasteiger partial charge on any atom is 0.250 e. The summed E-state index contributed by atoms with van der Waals surface area (Å²) in [6, 6.07) is 18.3. The molecule has 0 unspecified atom stereocenters. The van der Waals surface area contributed by atoms with Crippen LogP contribution >= 0.6 is 0 Å². The van der Waals surface area contributed by atoms with Gasteiger partial charge >= 0.3 is 0 Å². The number of fused-ring (bicyclic) bond motifs is 1. The van der Waals surface area contributed by atoms with Gasteiger partial charge in [0.1, 0.15) is 17.0 Å². The van der Waals surface area contributed by atoms with Crippen LogP contribution in [0.2, 0.25) is 0 Å². The maximum atomic E-state index is 13.8. The predicted octanol–water partition coefficient (Wildman–Crippen LogP) is 1.83. The first kappa shape index (κ1) is 26.1. The van der Waals surface area contributed by atoms with Gasteiger partial charge in [-0.2, -0.15) is 4.31 Å². The van der Waals surface area contributed by atoms with Gasteiger partial charge in [-0.25, -0.2) is 8.42 Å². The minimum atomic E-state index is -3.83. The molecule has 2 aromatic carbocycles. The van der Waals surface area contributed by atoms with E-state index in [-0.39, 0.29) is 43.0 Å². The van der Waals surface area contributed by atoms with Crippen molar-refractivity contribution in [3.63, 3.8) is 0 Å². The number of sulfonamides is 1. The average molecular weight is 538 g/mol. The lowest BCUT2D eigenvalue weighted by Crippen LogP contribution is -2.57. The van der Waals surface area contributed by atoms with Crippen LogP contribution in [0.3, 0.4) is 0 Å². The molecule has 2 aliphatic rings. The zero-order valence-electron chi connectivity index (χ0n) is 21.2. The van der Waals surface area contributed by atoms with E-state index in [1.54, 1.807) is 36.4 Å². The third-order valence-corrected chi connectivity index (χ3v) is 9.24. The molecule has 5 rings (SSSR count). The van der Waals surface area contributed by atoms with E-state index in [0.29, 0.717) is 31.5 Å². The summed E-state index contributed by atoms with van der Waals surface area (Å²) < 4.78 is 33.8. The first-order chi connectivity index (χ1) is 18.4.